The molecular weight excluding hydrogens is 235 g/mol. The van der Waals surface area contributed by atoms with Gasteiger partial charge >= 0.3 is 0 Å². The molecule has 1 aromatic rings. The monoisotopic (exact) mass is 252 g/mol. The molecule has 1 aliphatic heterocycles. The van der Waals surface area contributed by atoms with E-state index >= 15 is 0 Å². The van der Waals surface area contributed by atoms with Crippen LogP contribution in [-0.2, 0) is 11.2 Å². The van der Waals surface area contributed by atoms with Crippen LogP contribution in [-0.4, -0.2) is 16.3 Å². The van der Waals surface area contributed by atoms with Gasteiger partial charge in [-0.25, -0.2) is 4.39 Å². The normalized spacial score (nSPS) is 23.9. The molecule has 0 radical (unpaired) electrons. The largest absolute Gasteiger partial charge is 0.298 e. The van der Waals surface area contributed by atoms with Gasteiger partial charge in [0.15, 0.2) is 5.78 Å². The molecule has 1 saturated heterocycles. The van der Waals surface area contributed by atoms with E-state index in [1.165, 1.54) is 12.1 Å². The van der Waals surface area contributed by atoms with Crippen LogP contribution in [0.4, 0.5) is 4.39 Å². The number of hydrogen-bond donors (Lipinski definition) is 0. The Morgan fingerprint density at radius 3 is 2.88 bits per heavy atom. The summed E-state index contributed by atoms with van der Waals surface area (Å²) in [6.07, 6.45) is 2.52. The minimum atomic E-state index is -0.236. The Kier molecular flexibility index (Phi) is 3.57. The van der Waals surface area contributed by atoms with Crippen molar-refractivity contribution in [2.45, 2.75) is 37.9 Å². The number of halogens is 1. The summed E-state index contributed by atoms with van der Waals surface area (Å²) >= 11 is 1.76. The molecule has 92 valence electrons. The summed E-state index contributed by atoms with van der Waals surface area (Å²) in [5.74, 6) is 1.11. The first-order valence-corrected chi connectivity index (χ1v) is 6.92. The van der Waals surface area contributed by atoms with Gasteiger partial charge in [-0.3, -0.25) is 4.79 Å². The van der Waals surface area contributed by atoms with E-state index < -0.39 is 0 Å². The molecule has 0 bridgehead atoms. The highest BCUT2D eigenvalue weighted by atomic mass is 32.2. The molecule has 0 amide bonds. The first-order chi connectivity index (χ1) is 8.01. The van der Waals surface area contributed by atoms with Crippen LogP contribution in [0.25, 0.3) is 0 Å². The summed E-state index contributed by atoms with van der Waals surface area (Å²) in [4.78, 5) is 12.3. The van der Waals surface area contributed by atoms with E-state index in [1.54, 1.807) is 17.8 Å². The van der Waals surface area contributed by atoms with Crippen molar-refractivity contribution in [1.82, 2.24) is 0 Å². The van der Waals surface area contributed by atoms with Crippen molar-refractivity contribution in [3.05, 3.63) is 35.1 Å². The highest BCUT2D eigenvalue weighted by Crippen LogP contribution is 2.39. The van der Waals surface area contributed by atoms with Gasteiger partial charge in [-0.15, -0.1) is 11.8 Å². The van der Waals surface area contributed by atoms with Gasteiger partial charge in [-0.2, -0.15) is 0 Å². The molecule has 17 heavy (non-hydrogen) atoms. The fourth-order valence-electron chi connectivity index (χ4n) is 2.22. The maximum atomic E-state index is 13.0. The van der Waals surface area contributed by atoms with Crippen LogP contribution in [0.15, 0.2) is 18.2 Å². The first-order valence-electron chi connectivity index (χ1n) is 5.93. The Bertz CT molecular complexity index is 436. The number of carbonyl (C=O) groups is 1. The van der Waals surface area contributed by atoms with Crippen LogP contribution in [0.3, 0.4) is 0 Å². The van der Waals surface area contributed by atoms with Crippen molar-refractivity contribution < 1.29 is 9.18 Å². The van der Waals surface area contributed by atoms with Gasteiger partial charge in [-0.05, 0) is 55.7 Å². The molecule has 1 aliphatic rings. The molecule has 0 aromatic heterocycles. The minimum absolute atomic E-state index is 0.221. The Labute approximate surface area is 106 Å². The highest BCUT2D eigenvalue weighted by Gasteiger charge is 2.36. The fourth-order valence-corrected chi connectivity index (χ4v) is 3.48. The van der Waals surface area contributed by atoms with E-state index in [1.807, 2.05) is 13.8 Å². The maximum absolute atomic E-state index is 13.0. The third kappa shape index (κ3) is 2.71. The van der Waals surface area contributed by atoms with Gasteiger partial charge in [0.2, 0.25) is 0 Å². The van der Waals surface area contributed by atoms with Gasteiger partial charge in [0.1, 0.15) is 5.82 Å². The standard InChI is InChI=1S/C14H17FOS/c1-10-8-12(15)5-4-11(10)9-13(16)14(2)6-3-7-17-14/h4-5,8H,3,6-7,9H2,1-2H3. The topological polar surface area (TPSA) is 17.1 Å². The predicted octanol–water partition coefficient (Wildman–Crippen LogP) is 3.53. The van der Waals surface area contributed by atoms with E-state index in [0.717, 1.165) is 29.7 Å². The Morgan fingerprint density at radius 1 is 1.53 bits per heavy atom. The van der Waals surface area contributed by atoms with E-state index in [4.69, 9.17) is 0 Å². The van der Waals surface area contributed by atoms with Crippen molar-refractivity contribution >= 4 is 17.5 Å². The molecular formula is C14H17FOS. The second-order valence-corrected chi connectivity index (χ2v) is 6.45. The molecule has 1 unspecified atom stereocenters. The van der Waals surface area contributed by atoms with Crippen molar-refractivity contribution in [2.75, 3.05) is 5.75 Å². The zero-order valence-corrected chi connectivity index (χ0v) is 11.1. The molecule has 1 heterocycles. The van der Waals surface area contributed by atoms with Crippen molar-refractivity contribution in [1.29, 1.82) is 0 Å². The van der Waals surface area contributed by atoms with Crippen molar-refractivity contribution in [2.24, 2.45) is 0 Å². The highest BCUT2D eigenvalue weighted by molar-refractivity contribution is 8.01. The number of carbonyl (C=O) groups excluding carboxylic acids is 1. The molecule has 1 nitrogen and oxygen atoms in total. The Balaban J connectivity index is 2.13. The number of rotatable bonds is 3. The lowest BCUT2D eigenvalue weighted by molar-refractivity contribution is -0.120. The SMILES string of the molecule is Cc1cc(F)ccc1CC(=O)C1(C)CCCS1. The zero-order chi connectivity index (χ0) is 12.5. The van der Waals surface area contributed by atoms with E-state index in [9.17, 15) is 9.18 Å². The Morgan fingerprint density at radius 2 is 2.29 bits per heavy atom. The van der Waals surface area contributed by atoms with Gasteiger partial charge in [0.05, 0.1) is 4.75 Å². The molecule has 3 heteroatoms. The lowest BCUT2D eigenvalue weighted by atomic mass is 9.93. The Hall–Kier alpha value is -0.830. The maximum Gasteiger partial charge on any atom is 0.152 e. The quantitative estimate of drug-likeness (QED) is 0.818. The van der Waals surface area contributed by atoms with Gasteiger partial charge < -0.3 is 0 Å². The second-order valence-electron chi connectivity index (χ2n) is 4.85. The molecule has 0 spiro atoms. The zero-order valence-electron chi connectivity index (χ0n) is 10.3. The van der Waals surface area contributed by atoms with Crippen LogP contribution in [0.5, 0.6) is 0 Å². The van der Waals surface area contributed by atoms with Crippen LogP contribution < -0.4 is 0 Å². The van der Waals surface area contributed by atoms with Crippen LogP contribution >= 0.6 is 11.8 Å². The summed E-state index contributed by atoms with van der Waals surface area (Å²) in [6, 6.07) is 4.65. The summed E-state index contributed by atoms with van der Waals surface area (Å²) in [5, 5.41) is 0. The smallest absolute Gasteiger partial charge is 0.152 e. The average Bonchev–Trinajstić information content (AvgIpc) is 2.71. The molecule has 1 aromatic carbocycles. The average molecular weight is 252 g/mol. The number of aryl methyl sites for hydroxylation is 1. The molecule has 0 saturated carbocycles. The summed E-state index contributed by atoms with van der Waals surface area (Å²) in [6.45, 7) is 3.89. The molecule has 2 rings (SSSR count). The van der Waals surface area contributed by atoms with E-state index in [0.29, 0.717) is 6.42 Å². The summed E-state index contributed by atoms with van der Waals surface area (Å²) < 4.78 is 12.8. The number of thioether (sulfide) groups is 1. The summed E-state index contributed by atoms with van der Waals surface area (Å²) in [5.41, 5.74) is 1.81. The van der Waals surface area contributed by atoms with Crippen LogP contribution in [0.1, 0.15) is 30.9 Å². The molecule has 0 N–H and O–H groups in total. The van der Waals surface area contributed by atoms with Crippen LogP contribution in [0.2, 0.25) is 0 Å². The number of benzene rings is 1. The second kappa shape index (κ2) is 4.81. The van der Waals surface area contributed by atoms with Crippen molar-refractivity contribution in [3.63, 3.8) is 0 Å². The van der Waals surface area contributed by atoms with Gasteiger partial charge in [-0.1, -0.05) is 6.07 Å². The number of hydrogen-bond acceptors (Lipinski definition) is 2. The van der Waals surface area contributed by atoms with Gasteiger partial charge in [0.25, 0.3) is 0 Å². The predicted molar refractivity (Wildman–Crippen MR) is 69.9 cm³/mol. The number of ketones is 1. The fraction of sp³-hybridized carbons (Fsp3) is 0.500. The molecule has 1 fully saturated rings. The van der Waals surface area contributed by atoms with Crippen molar-refractivity contribution in [3.8, 4) is 0 Å². The lowest BCUT2D eigenvalue weighted by Crippen LogP contribution is -2.30. The summed E-state index contributed by atoms with van der Waals surface area (Å²) in [7, 11) is 0. The third-order valence-electron chi connectivity index (χ3n) is 3.46. The molecule has 1 atom stereocenters. The van der Waals surface area contributed by atoms with Gasteiger partial charge in [0, 0.05) is 6.42 Å². The third-order valence-corrected chi connectivity index (χ3v) is 5.03. The minimum Gasteiger partial charge on any atom is -0.298 e. The first kappa shape index (κ1) is 12.6. The van der Waals surface area contributed by atoms with E-state index in [-0.39, 0.29) is 16.3 Å². The lowest BCUT2D eigenvalue weighted by Gasteiger charge is -2.21. The number of Topliss-reactive ketones (excluding diaryl/α,β-unsaturated/α-hetero) is 1. The van der Waals surface area contributed by atoms with E-state index in [2.05, 4.69) is 0 Å². The molecule has 0 aliphatic carbocycles. The van der Waals surface area contributed by atoms with Crippen LogP contribution in [0, 0.1) is 12.7 Å².